The Kier molecular flexibility index (Phi) is 4.42. The molecule has 1 amide bonds. The molecule has 0 saturated carbocycles. The number of hydrogen-bond donors (Lipinski definition) is 1. The Balaban J connectivity index is 2.07. The van der Waals surface area contributed by atoms with Crippen LogP contribution in [0.25, 0.3) is 0 Å². The van der Waals surface area contributed by atoms with Crippen LogP contribution in [0.15, 0.2) is 16.3 Å². The van der Waals surface area contributed by atoms with Crippen LogP contribution < -0.4 is 4.72 Å². The SMILES string of the molecule is CC(NS(=O)(=O)c1ccc(C#N)s1)C(=O)N1CCCC1. The molecule has 1 aliphatic rings. The Labute approximate surface area is 122 Å². The summed E-state index contributed by atoms with van der Waals surface area (Å²) in [4.78, 5) is 14.1. The number of nitriles is 1. The number of sulfonamides is 1. The molecular weight excluding hydrogens is 298 g/mol. The number of carbonyl (C=O) groups is 1. The molecule has 1 saturated heterocycles. The van der Waals surface area contributed by atoms with Crippen LogP contribution >= 0.6 is 11.3 Å². The quantitative estimate of drug-likeness (QED) is 0.894. The number of carbonyl (C=O) groups excluding carboxylic acids is 1. The van der Waals surface area contributed by atoms with Crippen molar-refractivity contribution in [3.63, 3.8) is 0 Å². The van der Waals surface area contributed by atoms with Gasteiger partial charge in [0.1, 0.15) is 15.2 Å². The highest BCUT2D eigenvalue weighted by molar-refractivity contribution is 7.91. The lowest BCUT2D eigenvalue weighted by atomic mass is 10.3. The molecule has 2 rings (SSSR count). The standard InChI is InChI=1S/C12H15N3O3S2/c1-9(12(16)15-6-2-3-7-15)14-20(17,18)11-5-4-10(8-13)19-11/h4-5,9,14H,2-3,6-7H2,1H3. The topological polar surface area (TPSA) is 90.3 Å². The molecule has 0 bridgehead atoms. The summed E-state index contributed by atoms with van der Waals surface area (Å²) in [7, 11) is -3.75. The van der Waals surface area contributed by atoms with Crippen LogP contribution in [0.5, 0.6) is 0 Å². The van der Waals surface area contributed by atoms with Gasteiger partial charge in [-0.1, -0.05) is 0 Å². The number of nitrogens with zero attached hydrogens (tertiary/aromatic N) is 2. The van der Waals surface area contributed by atoms with E-state index in [9.17, 15) is 13.2 Å². The molecule has 1 aromatic heterocycles. The highest BCUT2D eigenvalue weighted by Crippen LogP contribution is 2.21. The molecule has 6 nitrogen and oxygen atoms in total. The monoisotopic (exact) mass is 313 g/mol. The van der Waals surface area contributed by atoms with Crippen molar-refractivity contribution >= 4 is 27.3 Å². The van der Waals surface area contributed by atoms with Gasteiger partial charge >= 0.3 is 0 Å². The van der Waals surface area contributed by atoms with Gasteiger partial charge in [0, 0.05) is 13.1 Å². The van der Waals surface area contributed by atoms with Gasteiger partial charge in [-0.25, -0.2) is 8.42 Å². The fourth-order valence-corrected chi connectivity index (χ4v) is 4.39. The van der Waals surface area contributed by atoms with Gasteiger partial charge in [-0.3, -0.25) is 4.79 Å². The van der Waals surface area contributed by atoms with Gasteiger partial charge in [0.05, 0.1) is 6.04 Å². The largest absolute Gasteiger partial charge is 0.341 e. The normalized spacial score (nSPS) is 16.9. The molecule has 1 aromatic rings. The third-order valence-electron chi connectivity index (χ3n) is 3.08. The lowest BCUT2D eigenvalue weighted by Gasteiger charge is -2.20. The lowest BCUT2D eigenvalue weighted by molar-refractivity contribution is -0.131. The average Bonchev–Trinajstić information content (AvgIpc) is 3.08. The maximum atomic E-state index is 12.1. The van der Waals surface area contributed by atoms with Crippen molar-refractivity contribution in [1.82, 2.24) is 9.62 Å². The van der Waals surface area contributed by atoms with Crippen LogP contribution in [0, 0.1) is 11.3 Å². The molecule has 0 aromatic carbocycles. The van der Waals surface area contributed by atoms with Gasteiger partial charge in [0.2, 0.25) is 5.91 Å². The molecule has 1 aliphatic heterocycles. The average molecular weight is 313 g/mol. The van der Waals surface area contributed by atoms with Gasteiger partial charge in [-0.2, -0.15) is 9.98 Å². The molecule has 0 radical (unpaired) electrons. The summed E-state index contributed by atoms with van der Waals surface area (Å²) in [5.41, 5.74) is 0. The summed E-state index contributed by atoms with van der Waals surface area (Å²) >= 11 is 0.889. The first-order valence-electron chi connectivity index (χ1n) is 6.25. The summed E-state index contributed by atoms with van der Waals surface area (Å²) in [6.45, 7) is 2.90. The zero-order valence-corrected chi connectivity index (χ0v) is 12.6. The first-order chi connectivity index (χ1) is 9.44. The lowest BCUT2D eigenvalue weighted by Crippen LogP contribution is -2.45. The van der Waals surface area contributed by atoms with Crippen molar-refractivity contribution < 1.29 is 13.2 Å². The second-order valence-corrected chi connectivity index (χ2v) is 7.63. The molecule has 1 unspecified atom stereocenters. The highest BCUT2D eigenvalue weighted by atomic mass is 32.2. The van der Waals surface area contributed by atoms with E-state index in [1.807, 2.05) is 6.07 Å². The van der Waals surface area contributed by atoms with Crippen molar-refractivity contribution in [1.29, 1.82) is 5.26 Å². The summed E-state index contributed by atoms with van der Waals surface area (Å²) in [6.07, 6.45) is 1.92. The van der Waals surface area contributed by atoms with Gasteiger partial charge in [0.25, 0.3) is 10.0 Å². The first-order valence-corrected chi connectivity index (χ1v) is 8.55. The van der Waals surface area contributed by atoms with Crippen LogP contribution in [0.2, 0.25) is 0 Å². The molecule has 108 valence electrons. The Hall–Kier alpha value is -1.43. The fourth-order valence-electron chi connectivity index (χ4n) is 2.08. The zero-order valence-electron chi connectivity index (χ0n) is 11.0. The van der Waals surface area contributed by atoms with E-state index in [0.29, 0.717) is 18.0 Å². The Morgan fingerprint density at radius 2 is 2.10 bits per heavy atom. The van der Waals surface area contributed by atoms with Crippen molar-refractivity contribution in [2.24, 2.45) is 0 Å². The first kappa shape index (κ1) is 15.0. The smallest absolute Gasteiger partial charge is 0.250 e. The van der Waals surface area contributed by atoms with E-state index in [4.69, 9.17) is 5.26 Å². The summed E-state index contributed by atoms with van der Waals surface area (Å²) in [5, 5.41) is 8.71. The molecule has 20 heavy (non-hydrogen) atoms. The van der Waals surface area contributed by atoms with Crippen LogP contribution in [0.3, 0.4) is 0 Å². The molecule has 1 N–H and O–H groups in total. The third-order valence-corrected chi connectivity index (χ3v) is 6.10. The van der Waals surface area contributed by atoms with E-state index in [1.165, 1.54) is 19.1 Å². The summed E-state index contributed by atoms with van der Waals surface area (Å²) in [5.74, 6) is -0.205. The Morgan fingerprint density at radius 3 is 2.65 bits per heavy atom. The molecule has 1 fully saturated rings. The summed E-state index contributed by atoms with van der Waals surface area (Å²) < 4.78 is 26.6. The number of amides is 1. The number of likely N-dealkylation sites (tertiary alicyclic amines) is 1. The van der Waals surface area contributed by atoms with Crippen LogP contribution in [0.4, 0.5) is 0 Å². The number of nitrogens with one attached hydrogen (secondary N) is 1. The molecule has 8 heteroatoms. The molecule has 0 aliphatic carbocycles. The summed E-state index contributed by atoms with van der Waals surface area (Å²) in [6, 6.07) is 3.92. The van der Waals surface area contributed by atoms with E-state index in [2.05, 4.69) is 4.72 Å². The second-order valence-electron chi connectivity index (χ2n) is 4.61. The van der Waals surface area contributed by atoms with Crippen LogP contribution in [0.1, 0.15) is 24.6 Å². The highest BCUT2D eigenvalue weighted by Gasteiger charge is 2.28. The Bertz CT molecular complexity index is 639. The minimum Gasteiger partial charge on any atom is -0.341 e. The maximum Gasteiger partial charge on any atom is 0.250 e. The van der Waals surface area contributed by atoms with E-state index in [0.717, 1.165) is 24.2 Å². The van der Waals surface area contributed by atoms with E-state index in [-0.39, 0.29) is 10.1 Å². The molecule has 0 spiro atoms. The van der Waals surface area contributed by atoms with E-state index < -0.39 is 16.1 Å². The minimum atomic E-state index is -3.75. The zero-order chi connectivity index (χ0) is 14.8. The van der Waals surface area contributed by atoms with Gasteiger partial charge < -0.3 is 4.90 Å². The van der Waals surface area contributed by atoms with E-state index in [1.54, 1.807) is 4.90 Å². The van der Waals surface area contributed by atoms with Crippen molar-refractivity contribution in [2.75, 3.05) is 13.1 Å². The second kappa shape index (κ2) is 5.91. The van der Waals surface area contributed by atoms with Crippen molar-refractivity contribution in [2.45, 2.75) is 30.0 Å². The predicted molar refractivity (Wildman–Crippen MR) is 74.6 cm³/mol. The van der Waals surface area contributed by atoms with Gasteiger partial charge in [-0.05, 0) is 31.9 Å². The van der Waals surface area contributed by atoms with Crippen molar-refractivity contribution in [3.05, 3.63) is 17.0 Å². The van der Waals surface area contributed by atoms with Crippen LogP contribution in [-0.4, -0.2) is 38.4 Å². The van der Waals surface area contributed by atoms with Crippen LogP contribution in [-0.2, 0) is 14.8 Å². The van der Waals surface area contributed by atoms with Gasteiger partial charge in [-0.15, -0.1) is 11.3 Å². The van der Waals surface area contributed by atoms with Gasteiger partial charge in [0.15, 0.2) is 0 Å². The fraction of sp³-hybridized carbons (Fsp3) is 0.500. The number of rotatable bonds is 4. The Morgan fingerprint density at radius 1 is 1.45 bits per heavy atom. The predicted octanol–water partition coefficient (Wildman–Crippen LogP) is 0.909. The number of thiophene rings is 1. The third kappa shape index (κ3) is 3.17. The van der Waals surface area contributed by atoms with Crippen molar-refractivity contribution in [3.8, 4) is 6.07 Å². The van der Waals surface area contributed by atoms with E-state index >= 15 is 0 Å². The number of hydrogen-bond acceptors (Lipinski definition) is 5. The minimum absolute atomic E-state index is 0.0510. The molecular formula is C12H15N3O3S2. The molecule has 2 heterocycles. The maximum absolute atomic E-state index is 12.1. The molecule has 1 atom stereocenters.